The van der Waals surface area contributed by atoms with Crippen LogP contribution in [0.25, 0.3) is 0 Å². The number of aliphatic imine (C=N–C) groups is 1. The van der Waals surface area contributed by atoms with E-state index in [1.165, 1.54) is 0 Å². The van der Waals surface area contributed by atoms with Crippen LogP contribution in [0.2, 0.25) is 10.0 Å². The maximum Gasteiger partial charge on any atom is 0.511 e. The molecule has 0 aromatic heterocycles. The summed E-state index contributed by atoms with van der Waals surface area (Å²) in [7, 11) is 0. The van der Waals surface area contributed by atoms with Crippen molar-refractivity contribution in [3.05, 3.63) is 52.0 Å². The largest absolute Gasteiger partial charge is 0.511 e. The fourth-order valence-corrected chi connectivity index (χ4v) is 4.78. The molecule has 0 N–H and O–H groups in total. The molecule has 4 rings (SSSR count). The van der Waals surface area contributed by atoms with Crippen molar-refractivity contribution >= 4 is 46.6 Å². The number of anilines is 1. The molecule has 37 heavy (non-hydrogen) atoms. The zero-order valence-corrected chi connectivity index (χ0v) is 22.6. The summed E-state index contributed by atoms with van der Waals surface area (Å²) in [5.74, 6) is 1.32. The van der Waals surface area contributed by atoms with Gasteiger partial charge in [-0.15, -0.1) is 0 Å². The minimum Gasteiger partial charge on any atom is -0.494 e. The molecule has 2 aromatic carbocycles. The fraction of sp³-hybridized carbons (Fsp3) is 0.481. The Labute approximate surface area is 228 Å². The molecule has 0 saturated carbocycles. The zero-order chi connectivity index (χ0) is 26.0. The Morgan fingerprint density at radius 3 is 2.65 bits per heavy atom. The lowest BCUT2D eigenvalue weighted by Crippen LogP contribution is -2.46. The SMILES string of the molecule is CCOC(=O)OCOC1=Nc2cc(OCCCCN3CCN(c4cccc(Cl)c4Cl)CC3)ccc2CC1. The number of halogens is 2. The van der Waals surface area contributed by atoms with E-state index in [2.05, 4.69) is 14.8 Å². The molecule has 2 heterocycles. The minimum atomic E-state index is -0.750. The van der Waals surface area contributed by atoms with E-state index >= 15 is 0 Å². The highest BCUT2D eigenvalue weighted by atomic mass is 35.5. The topological polar surface area (TPSA) is 72.8 Å². The van der Waals surface area contributed by atoms with Crippen molar-refractivity contribution in [3.63, 3.8) is 0 Å². The van der Waals surface area contributed by atoms with Crippen LogP contribution in [0.4, 0.5) is 16.2 Å². The first-order chi connectivity index (χ1) is 18.0. The first-order valence-corrected chi connectivity index (χ1v) is 13.5. The normalized spacial score (nSPS) is 15.5. The van der Waals surface area contributed by atoms with Gasteiger partial charge in [-0.25, -0.2) is 9.79 Å². The first-order valence-electron chi connectivity index (χ1n) is 12.7. The summed E-state index contributed by atoms with van der Waals surface area (Å²) in [6.45, 7) is 7.33. The third-order valence-electron chi connectivity index (χ3n) is 6.36. The molecule has 8 nitrogen and oxygen atoms in total. The lowest BCUT2D eigenvalue weighted by atomic mass is 10.0. The van der Waals surface area contributed by atoms with E-state index in [1.807, 2.05) is 36.4 Å². The number of carbonyl (C=O) groups is 1. The molecule has 1 saturated heterocycles. The van der Waals surface area contributed by atoms with Crippen molar-refractivity contribution in [2.24, 2.45) is 4.99 Å². The van der Waals surface area contributed by atoms with Crippen LogP contribution in [0.3, 0.4) is 0 Å². The zero-order valence-electron chi connectivity index (χ0n) is 21.1. The summed E-state index contributed by atoms with van der Waals surface area (Å²) < 4.78 is 21.0. The number of hydrogen-bond donors (Lipinski definition) is 0. The molecule has 1 fully saturated rings. The predicted octanol–water partition coefficient (Wildman–Crippen LogP) is 6.10. The van der Waals surface area contributed by atoms with E-state index < -0.39 is 6.16 Å². The Morgan fingerprint density at radius 2 is 1.84 bits per heavy atom. The Morgan fingerprint density at radius 1 is 1.00 bits per heavy atom. The number of hydrogen-bond acceptors (Lipinski definition) is 8. The van der Waals surface area contributed by atoms with Crippen LogP contribution < -0.4 is 9.64 Å². The number of nitrogens with zero attached hydrogens (tertiary/aromatic N) is 3. The number of ether oxygens (including phenoxy) is 4. The van der Waals surface area contributed by atoms with Gasteiger partial charge in [0, 0.05) is 38.7 Å². The lowest BCUT2D eigenvalue weighted by molar-refractivity contribution is 0.00104. The molecule has 0 atom stereocenters. The van der Waals surface area contributed by atoms with Crippen LogP contribution in [-0.4, -0.2) is 69.7 Å². The predicted molar refractivity (Wildman–Crippen MR) is 146 cm³/mol. The number of unbranched alkanes of at least 4 members (excludes halogenated alkanes) is 1. The average Bonchev–Trinajstić information content (AvgIpc) is 2.90. The molecule has 0 amide bonds. The van der Waals surface area contributed by atoms with Gasteiger partial charge in [0.05, 0.1) is 34.6 Å². The maximum absolute atomic E-state index is 11.3. The third-order valence-corrected chi connectivity index (χ3v) is 7.17. The standard InChI is InChI=1S/C27H33Cl2N3O5/c1-2-34-27(33)37-19-36-25-11-9-20-8-10-21(18-23(20)30-25)35-17-4-3-12-31-13-15-32(16-14-31)24-7-5-6-22(28)26(24)29/h5-8,10,18H,2-4,9,11-17,19H2,1H3. The monoisotopic (exact) mass is 549 g/mol. The van der Waals surface area contributed by atoms with E-state index in [0.717, 1.165) is 74.7 Å². The summed E-state index contributed by atoms with van der Waals surface area (Å²) in [6.07, 6.45) is 2.75. The number of piperazine rings is 1. The molecule has 0 spiro atoms. The van der Waals surface area contributed by atoms with E-state index in [-0.39, 0.29) is 13.4 Å². The van der Waals surface area contributed by atoms with Gasteiger partial charge in [-0.1, -0.05) is 35.3 Å². The highest BCUT2D eigenvalue weighted by Crippen LogP contribution is 2.33. The van der Waals surface area contributed by atoms with Crippen molar-refractivity contribution in [2.45, 2.75) is 32.6 Å². The average molecular weight is 550 g/mol. The molecule has 0 unspecified atom stereocenters. The lowest BCUT2D eigenvalue weighted by Gasteiger charge is -2.36. The van der Waals surface area contributed by atoms with Crippen LogP contribution in [0.1, 0.15) is 31.7 Å². The van der Waals surface area contributed by atoms with Gasteiger partial charge in [-0.2, -0.15) is 0 Å². The third kappa shape index (κ3) is 7.90. The van der Waals surface area contributed by atoms with E-state index in [0.29, 0.717) is 29.0 Å². The van der Waals surface area contributed by atoms with Crippen molar-refractivity contribution in [3.8, 4) is 5.75 Å². The van der Waals surface area contributed by atoms with Crippen molar-refractivity contribution < 1.29 is 23.7 Å². The van der Waals surface area contributed by atoms with Crippen molar-refractivity contribution in [1.29, 1.82) is 0 Å². The second-order valence-electron chi connectivity index (χ2n) is 8.84. The summed E-state index contributed by atoms with van der Waals surface area (Å²) in [6, 6.07) is 11.8. The second kappa shape index (κ2) is 13.7. The Balaban J connectivity index is 1.15. The smallest absolute Gasteiger partial charge is 0.494 e. The van der Waals surface area contributed by atoms with Crippen molar-refractivity contribution in [1.82, 2.24) is 4.90 Å². The van der Waals surface area contributed by atoms with Gasteiger partial charge in [0.15, 0.2) is 5.90 Å². The molecule has 0 aliphatic carbocycles. The molecule has 0 radical (unpaired) electrons. The van der Waals surface area contributed by atoms with E-state index in [1.54, 1.807) is 6.92 Å². The molecule has 2 aliphatic heterocycles. The molecule has 10 heteroatoms. The van der Waals surface area contributed by atoms with Crippen LogP contribution in [0, 0.1) is 0 Å². The summed E-state index contributed by atoms with van der Waals surface area (Å²) in [4.78, 5) is 20.6. The number of fused-ring (bicyclic) bond motifs is 1. The van der Waals surface area contributed by atoms with Crippen molar-refractivity contribution in [2.75, 3.05) is 57.6 Å². The van der Waals surface area contributed by atoms with Crippen LogP contribution >= 0.6 is 23.2 Å². The first kappa shape index (κ1) is 27.4. The fourth-order valence-electron chi connectivity index (χ4n) is 4.37. The van der Waals surface area contributed by atoms with E-state index in [4.69, 9.17) is 42.1 Å². The van der Waals surface area contributed by atoms with E-state index in [9.17, 15) is 4.79 Å². The quantitative estimate of drug-likeness (QED) is 0.201. The number of rotatable bonds is 10. The van der Waals surface area contributed by atoms with Crippen LogP contribution in [0.5, 0.6) is 5.75 Å². The van der Waals surface area contributed by atoms with Crippen LogP contribution in [0.15, 0.2) is 41.4 Å². The molecule has 2 aromatic rings. The van der Waals surface area contributed by atoms with Gasteiger partial charge in [0.1, 0.15) is 5.75 Å². The Kier molecular flexibility index (Phi) is 10.2. The van der Waals surface area contributed by atoms with Crippen LogP contribution in [-0.2, 0) is 20.6 Å². The van der Waals surface area contributed by atoms with Gasteiger partial charge in [-0.3, -0.25) is 4.90 Å². The molecule has 0 bridgehead atoms. The van der Waals surface area contributed by atoms with Gasteiger partial charge < -0.3 is 23.8 Å². The number of benzene rings is 2. The second-order valence-corrected chi connectivity index (χ2v) is 9.63. The number of carbonyl (C=O) groups excluding carboxylic acids is 1. The highest BCUT2D eigenvalue weighted by Gasteiger charge is 2.19. The Hall–Kier alpha value is -2.68. The summed E-state index contributed by atoms with van der Waals surface area (Å²) >= 11 is 12.6. The number of aryl methyl sites for hydroxylation is 1. The molecular weight excluding hydrogens is 517 g/mol. The molecule has 2 aliphatic rings. The summed E-state index contributed by atoms with van der Waals surface area (Å²) in [5, 5.41) is 1.23. The summed E-state index contributed by atoms with van der Waals surface area (Å²) in [5.41, 5.74) is 2.98. The highest BCUT2D eigenvalue weighted by molar-refractivity contribution is 6.43. The molecular formula is C27H33Cl2N3O5. The molecule has 200 valence electrons. The minimum absolute atomic E-state index is 0.216. The van der Waals surface area contributed by atoms with Gasteiger partial charge >= 0.3 is 6.16 Å². The van der Waals surface area contributed by atoms with Gasteiger partial charge in [0.2, 0.25) is 6.79 Å². The van der Waals surface area contributed by atoms with Gasteiger partial charge in [0.25, 0.3) is 0 Å². The Bertz CT molecular complexity index is 1090. The maximum atomic E-state index is 11.3. The van der Waals surface area contributed by atoms with Gasteiger partial charge in [-0.05, 0) is 56.5 Å².